The van der Waals surface area contributed by atoms with Gasteiger partial charge >= 0.3 is 0 Å². The monoisotopic (exact) mass is 375 g/mol. The number of likely N-dealkylation sites (tertiary alicyclic amines) is 1. The van der Waals surface area contributed by atoms with Crippen LogP contribution >= 0.6 is 24.8 Å². The molecule has 0 aromatic heterocycles. The first kappa shape index (κ1) is 23.2. The first-order chi connectivity index (χ1) is 10.5. The summed E-state index contributed by atoms with van der Waals surface area (Å²) >= 11 is 0. The Morgan fingerprint density at radius 3 is 2.50 bits per heavy atom. The van der Waals surface area contributed by atoms with Crippen molar-refractivity contribution in [2.24, 2.45) is 17.6 Å². The van der Waals surface area contributed by atoms with E-state index < -0.39 is 0 Å². The van der Waals surface area contributed by atoms with E-state index >= 15 is 0 Å². The summed E-state index contributed by atoms with van der Waals surface area (Å²) in [4.78, 5) is 16.6. The van der Waals surface area contributed by atoms with Crippen molar-refractivity contribution in [1.82, 2.24) is 9.80 Å². The third kappa shape index (κ3) is 6.60. The Balaban J connectivity index is 0.00000264. The highest BCUT2D eigenvalue weighted by molar-refractivity contribution is 5.85. The number of hydrogen-bond donors (Lipinski definition) is 1. The lowest BCUT2D eigenvalue weighted by Gasteiger charge is -2.26. The number of carbonyl (C=O) groups excluding carboxylic acids is 1. The van der Waals surface area contributed by atoms with E-state index in [0.29, 0.717) is 5.92 Å². The summed E-state index contributed by atoms with van der Waals surface area (Å²) in [6.07, 6.45) is 1.16. The van der Waals surface area contributed by atoms with Gasteiger partial charge in [0.15, 0.2) is 0 Å². The highest BCUT2D eigenvalue weighted by Gasteiger charge is 2.27. The molecule has 1 aromatic carbocycles. The van der Waals surface area contributed by atoms with Gasteiger partial charge in [-0.25, -0.2) is 0 Å². The number of nitrogens with two attached hydrogens (primary N) is 1. The number of halogens is 2. The predicted octanol–water partition coefficient (Wildman–Crippen LogP) is 2.79. The van der Waals surface area contributed by atoms with Crippen LogP contribution in [0.5, 0.6) is 0 Å². The molecule has 6 heteroatoms. The maximum Gasteiger partial charge on any atom is 0.226 e. The second kappa shape index (κ2) is 10.9. The molecular weight excluding hydrogens is 345 g/mol. The lowest BCUT2D eigenvalue weighted by molar-refractivity contribution is -0.134. The van der Waals surface area contributed by atoms with Crippen molar-refractivity contribution in [3.05, 3.63) is 35.9 Å². The van der Waals surface area contributed by atoms with Crippen molar-refractivity contribution >= 4 is 30.7 Å². The highest BCUT2D eigenvalue weighted by Crippen LogP contribution is 2.20. The van der Waals surface area contributed by atoms with Crippen LogP contribution in [0.15, 0.2) is 30.3 Å². The van der Waals surface area contributed by atoms with Crippen LogP contribution in [0.4, 0.5) is 0 Å². The van der Waals surface area contributed by atoms with Crippen LogP contribution in [0.1, 0.15) is 25.8 Å². The summed E-state index contributed by atoms with van der Waals surface area (Å²) in [5, 5.41) is 0. The average Bonchev–Trinajstić information content (AvgIpc) is 2.93. The van der Waals surface area contributed by atoms with Crippen LogP contribution in [-0.2, 0) is 11.3 Å². The van der Waals surface area contributed by atoms with Gasteiger partial charge in [0.2, 0.25) is 5.91 Å². The molecular formula is C18H31Cl2N3O. The first-order valence-corrected chi connectivity index (χ1v) is 8.24. The average molecular weight is 376 g/mol. The van der Waals surface area contributed by atoms with Gasteiger partial charge in [0.25, 0.3) is 0 Å². The quantitative estimate of drug-likeness (QED) is 0.831. The zero-order valence-electron chi connectivity index (χ0n) is 14.9. The minimum atomic E-state index is -0.105. The van der Waals surface area contributed by atoms with E-state index in [2.05, 4.69) is 35.2 Å². The fourth-order valence-corrected chi connectivity index (χ4v) is 3.10. The second-order valence-corrected chi connectivity index (χ2v) is 6.74. The molecule has 1 fully saturated rings. The van der Waals surface area contributed by atoms with Gasteiger partial charge in [-0.3, -0.25) is 9.69 Å². The van der Waals surface area contributed by atoms with Crippen molar-refractivity contribution < 1.29 is 4.79 Å². The number of nitrogens with zero attached hydrogens (tertiary/aromatic N) is 2. The molecule has 1 saturated heterocycles. The van der Waals surface area contributed by atoms with Gasteiger partial charge in [-0.05, 0) is 31.4 Å². The fourth-order valence-electron chi connectivity index (χ4n) is 3.10. The molecule has 1 aliphatic rings. The largest absolute Gasteiger partial charge is 0.345 e. The summed E-state index contributed by atoms with van der Waals surface area (Å²) in [5.41, 5.74) is 7.19. The summed E-state index contributed by atoms with van der Waals surface area (Å²) < 4.78 is 0. The maximum atomic E-state index is 12.3. The highest BCUT2D eigenvalue weighted by atomic mass is 35.5. The molecule has 1 amide bonds. The van der Waals surface area contributed by atoms with Crippen LogP contribution in [-0.4, -0.2) is 48.4 Å². The number of carbonyl (C=O) groups is 1. The Labute approximate surface area is 158 Å². The zero-order chi connectivity index (χ0) is 16.1. The minimum Gasteiger partial charge on any atom is -0.345 e. The van der Waals surface area contributed by atoms with E-state index in [1.807, 2.05) is 25.8 Å². The van der Waals surface area contributed by atoms with E-state index in [0.717, 1.165) is 32.6 Å². The molecule has 1 aliphatic heterocycles. The Bertz CT molecular complexity index is 484. The standard InChI is InChI=1S/C18H29N3O.2ClH/c1-14(15(2)19)18(22)20(3)11-17-9-10-21(13-17)12-16-7-5-4-6-8-16;;/h4-8,14-15,17H,9-13,19H2,1-3H3;2*1H. The molecule has 0 saturated carbocycles. The molecule has 0 bridgehead atoms. The number of rotatable bonds is 6. The normalized spacial score (nSPS) is 19.8. The van der Waals surface area contributed by atoms with Gasteiger partial charge < -0.3 is 10.6 Å². The Hall–Kier alpha value is -0.810. The molecule has 2 N–H and O–H groups in total. The van der Waals surface area contributed by atoms with Gasteiger partial charge in [-0.2, -0.15) is 0 Å². The molecule has 24 heavy (non-hydrogen) atoms. The van der Waals surface area contributed by atoms with Crippen molar-refractivity contribution in [1.29, 1.82) is 0 Å². The van der Waals surface area contributed by atoms with Crippen molar-refractivity contribution in [3.63, 3.8) is 0 Å². The molecule has 0 aliphatic carbocycles. The fraction of sp³-hybridized carbons (Fsp3) is 0.611. The van der Waals surface area contributed by atoms with E-state index in [-0.39, 0.29) is 42.7 Å². The number of hydrogen-bond acceptors (Lipinski definition) is 3. The van der Waals surface area contributed by atoms with E-state index in [1.165, 1.54) is 5.56 Å². The molecule has 0 spiro atoms. The summed E-state index contributed by atoms with van der Waals surface area (Å²) in [6, 6.07) is 10.5. The molecule has 2 rings (SSSR count). The molecule has 4 nitrogen and oxygen atoms in total. The number of benzene rings is 1. The van der Waals surface area contributed by atoms with Gasteiger partial charge in [-0.1, -0.05) is 37.3 Å². The van der Waals surface area contributed by atoms with Crippen molar-refractivity contribution in [3.8, 4) is 0 Å². The molecule has 3 unspecified atom stereocenters. The SMILES string of the molecule is CC(N)C(C)C(=O)N(C)CC1CCN(Cc2ccccc2)C1.Cl.Cl. The van der Waals surface area contributed by atoms with Crippen molar-refractivity contribution in [2.45, 2.75) is 32.9 Å². The Kier molecular flexibility index (Phi) is 10.6. The Morgan fingerprint density at radius 1 is 1.29 bits per heavy atom. The van der Waals surface area contributed by atoms with E-state index in [9.17, 15) is 4.79 Å². The third-order valence-electron chi connectivity index (χ3n) is 4.71. The molecule has 1 heterocycles. The first-order valence-electron chi connectivity index (χ1n) is 8.24. The maximum absolute atomic E-state index is 12.3. The van der Waals surface area contributed by atoms with Gasteiger partial charge in [0.05, 0.1) is 5.92 Å². The molecule has 1 aromatic rings. The summed E-state index contributed by atoms with van der Waals surface area (Å²) in [7, 11) is 1.90. The molecule has 3 atom stereocenters. The molecule has 138 valence electrons. The van der Waals surface area contributed by atoms with Crippen LogP contribution in [0.2, 0.25) is 0 Å². The van der Waals surface area contributed by atoms with Gasteiger partial charge in [-0.15, -0.1) is 24.8 Å². The lowest BCUT2D eigenvalue weighted by atomic mass is 10.0. The summed E-state index contributed by atoms with van der Waals surface area (Å²) in [5.74, 6) is 0.626. The smallest absolute Gasteiger partial charge is 0.226 e. The zero-order valence-corrected chi connectivity index (χ0v) is 16.5. The molecule has 0 radical (unpaired) electrons. The van der Waals surface area contributed by atoms with E-state index in [4.69, 9.17) is 5.73 Å². The van der Waals surface area contributed by atoms with Crippen LogP contribution in [0.3, 0.4) is 0 Å². The number of amides is 1. The third-order valence-corrected chi connectivity index (χ3v) is 4.71. The van der Waals surface area contributed by atoms with Crippen LogP contribution < -0.4 is 5.73 Å². The second-order valence-electron chi connectivity index (χ2n) is 6.74. The summed E-state index contributed by atoms with van der Waals surface area (Å²) in [6.45, 7) is 7.84. The minimum absolute atomic E-state index is 0. The van der Waals surface area contributed by atoms with E-state index in [1.54, 1.807) is 0 Å². The predicted molar refractivity (Wildman–Crippen MR) is 105 cm³/mol. The van der Waals surface area contributed by atoms with Crippen LogP contribution in [0.25, 0.3) is 0 Å². The van der Waals surface area contributed by atoms with Gasteiger partial charge in [0.1, 0.15) is 0 Å². The lowest BCUT2D eigenvalue weighted by Crippen LogP contribution is -2.42. The van der Waals surface area contributed by atoms with Crippen molar-refractivity contribution in [2.75, 3.05) is 26.7 Å². The topological polar surface area (TPSA) is 49.6 Å². The van der Waals surface area contributed by atoms with Crippen LogP contribution in [0, 0.1) is 11.8 Å². The Morgan fingerprint density at radius 2 is 1.92 bits per heavy atom. The van der Waals surface area contributed by atoms with Gasteiger partial charge in [0, 0.05) is 32.7 Å².